The van der Waals surface area contributed by atoms with Crippen molar-refractivity contribution in [1.82, 2.24) is 14.6 Å². The van der Waals surface area contributed by atoms with Crippen LogP contribution in [-0.2, 0) is 0 Å². The molecule has 6 heteroatoms. The Morgan fingerprint density at radius 2 is 2.00 bits per heavy atom. The second-order valence-electron chi connectivity index (χ2n) is 8.28. The van der Waals surface area contributed by atoms with Crippen LogP contribution in [0, 0.1) is 12.8 Å². The quantitative estimate of drug-likeness (QED) is 0.691. The van der Waals surface area contributed by atoms with Gasteiger partial charge in [0.1, 0.15) is 0 Å². The predicted molar refractivity (Wildman–Crippen MR) is 109 cm³/mol. The van der Waals surface area contributed by atoms with E-state index in [1.165, 1.54) is 12.8 Å². The van der Waals surface area contributed by atoms with Crippen molar-refractivity contribution in [2.75, 3.05) is 7.05 Å². The molecule has 2 aromatic heterocycles. The van der Waals surface area contributed by atoms with Crippen molar-refractivity contribution in [3.63, 3.8) is 0 Å². The summed E-state index contributed by atoms with van der Waals surface area (Å²) in [5, 5.41) is 16.5. The fraction of sp³-hybridized carbons (Fsp3) is 0.455. The molecule has 1 aliphatic rings. The summed E-state index contributed by atoms with van der Waals surface area (Å²) in [5.41, 5.74) is 2.11. The first-order valence-corrected chi connectivity index (χ1v) is 9.86. The predicted octanol–water partition coefficient (Wildman–Crippen LogP) is 4.76. The van der Waals surface area contributed by atoms with Crippen LogP contribution in [0.3, 0.4) is 0 Å². The number of aromatic nitrogens is 2. The number of hydrogen-bond donors (Lipinski definition) is 1. The van der Waals surface area contributed by atoms with Gasteiger partial charge in [-0.1, -0.05) is 5.16 Å². The van der Waals surface area contributed by atoms with Gasteiger partial charge in [0.05, 0.1) is 0 Å². The number of fused-ring (bicyclic) bond motifs is 1. The zero-order valence-corrected chi connectivity index (χ0v) is 17.1. The van der Waals surface area contributed by atoms with E-state index >= 15 is 0 Å². The lowest BCUT2D eigenvalue weighted by molar-refractivity contribution is 0.0744. The van der Waals surface area contributed by atoms with Gasteiger partial charge < -0.3 is 19.1 Å². The molecule has 1 N–H and O–H groups in total. The number of rotatable bonds is 5. The average Bonchev–Trinajstić information content (AvgIpc) is 3.29. The molecule has 28 heavy (non-hydrogen) atoms. The van der Waals surface area contributed by atoms with Crippen LogP contribution >= 0.6 is 0 Å². The van der Waals surface area contributed by atoms with Crippen LogP contribution < -0.4 is 0 Å². The van der Waals surface area contributed by atoms with E-state index in [2.05, 4.69) is 12.1 Å². The normalized spacial score (nSPS) is 15.4. The van der Waals surface area contributed by atoms with Crippen LogP contribution in [0.1, 0.15) is 55.7 Å². The lowest BCUT2D eigenvalue weighted by Crippen LogP contribution is -2.33. The van der Waals surface area contributed by atoms with Crippen molar-refractivity contribution in [3.05, 3.63) is 35.7 Å². The van der Waals surface area contributed by atoms with E-state index in [-0.39, 0.29) is 18.0 Å². The minimum absolute atomic E-state index is 0.0856. The molecule has 4 rings (SSSR count). The first kappa shape index (κ1) is 18.6. The summed E-state index contributed by atoms with van der Waals surface area (Å²) < 4.78 is 7.45. The van der Waals surface area contributed by atoms with Gasteiger partial charge in [0.15, 0.2) is 17.3 Å². The SMILES string of the molecule is Cc1cc(-c2cc(C(=O)N(C)C(C)C)no2)cc2cn([C@@H](C)C3CC3)c(O)c12. The lowest BCUT2D eigenvalue weighted by atomic mass is 10.0. The zero-order chi connectivity index (χ0) is 20.2. The Hall–Kier alpha value is -2.76. The van der Waals surface area contributed by atoms with E-state index in [0.717, 1.165) is 21.9 Å². The standard InChI is InChI=1S/C22H27N3O3/c1-12(2)24(5)21(26)18-10-19(28-23-18)16-8-13(3)20-17(9-16)11-25(22(20)27)14(4)15-6-7-15/h8-12,14-15,27H,6-7H2,1-5H3/t14-/m0/s1. The van der Waals surface area contributed by atoms with Crippen molar-refractivity contribution in [2.24, 2.45) is 5.92 Å². The van der Waals surface area contributed by atoms with Crippen LogP contribution in [0.15, 0.2) is 28.9 Å². The smallest absolute Gasteiger partial charge is 0.276 e. The Kier molecular flexibility index (Phi) is 4.44. The molecule has 3 aromatic rings. The number of aryl methyl sites for hydroxylation is 1. The fourth-order valence-corrected chi connectivity index (χ4v) is 3.75. The maximum Gasteiger partial charge on any atom is 0.276 e. The van der Waals surface area contributed by atoms with E-state index in [1.54, 1.807) is 18.0 Å². The van der Waals surface area contributed by atoms with E-state index in [9.17, 15) is 9.90 Å². The van der Waals surface area contributed by atoms with Crippen molar-refractivity contribution in [2.45, 2.75) is 52.6 Å². The van der Waals surface area contributed by atoms with E-state index in [0.29, 0.717) is 23.3 Å². The first-order chi connectivity index (χ1) is 13.3. The van der Waals surface area contributed by atoms with Crippen molar-refractivity contribution in [3.8, 4) is 17.2 Å². The van der Waals surface area contributed by atoms with Crippen molar-refractivity contribution < 1.29 is 14.4 Å². The highest BCUT2D eigenvalue weighted by atomic mass is 16.5. The third-order valence-electron chi connectivity index (χ3n) is 5.96. The second kappa shape index (κ2) is 6.69. The first-order valence-electron chi connectivity index (χ1n) is 9.86. The highest BCUT2D eigenvalue weighted by Crippen LogP contribution is 2.44. The molecule has 0 radical (unpaired) electrons. The molecule has 0 aliphatic heterocycles. The number of amides is 1. The van der Waals surface area contributed by atoms with Gasteiger partial charge in [-0.2, -0.15) is 0 Å². The lowest BCUT2D eigenvalue weighted by Gasteiger charge is -2.19. The minimum atomic E-state index is -0.162. The summed E-state index contributed by atoms with van der Waals surface area (Å²) >= 11 is 0. The highest BCUT2D eigenvalue weighted by molar-refractivity contribution is 5.95. The molecular weight excluding hydrogens is 354 g/mol. The Labute approximate surface area is 164 Å². The van der Waals surface area contributed by atoms with Gasteiger partial charge in [-0.25, -0.2) is 0 Å². The largest absolute Gasteiger partial charge is 0.494 e. The summed E-state index contributed by atoms with van der Waals surface area (Å²) in [6, 6.07) is 6.01. The van der Waals surface area contributed by atoms with Gasteiger partial charge in [-0.15, -0.1) is 0 Å². The number of carbonyl (C=O) groups is 1. The number of benzene rings is 1. The van der Waals surface area contributed by atoms with Crippen LogP contribution in [0.5, 0.6) is 5.88 Å². The van der Waals surface area contributed by atoms with Gasteiger partial charge in [0.2, 0.25) is 0 Å². The van der Waals surface area contributed by atoms with E-state index in [1.807, 2.05) is 43.7 Å². The molecule has 0 unspecified atom stereocenters. The Balaban J connectivity index is 1.71. The van der Waals surface area contributed by atoms with Gasteiger partial charge in [0, 0.05) is 47.7 Å². The summed E-state index contributed by atoms with van der Waals surface area (Å²) in [5.74, 6) is 1.36. The molecule has 1 fully saturated rings. The third-order valence-corrected chi connectivity index (χ3v) is 5.96. The van der Waals surface area contributed by atoms with Gasteiger partial charge in [-0.05, 0) is 64.2 Å². The van der Waals surface area contributed by atoms with Gasteiger partial charge >= 0.3 is 0 Å². The average molecular weight is 381 g/mol. The van der Waals surface area contributed by atoms with Crippen LogP contribution in [0.4, 0.5) is 0 Å². The molecule has 1 aromatic carbocycles. The topological polar surface area (TPSA) is 71.5 Å². The van der Waals surface area contributed by atoms with Crippen LogP contribution in [-0.4, -0.2) is 38.7 Å². The summed E-state index contributed by atoms with van der Waals surface area (Å²) in [4.78, 5) is 14.1. The second-order valence-corrected chi connectivity index (χ2v) is 8.28. The van der Waals surface area contributed by atoms with E-state index < -0.39 is 0 Å². The maximum atomic E-state index is 12.5. The Bertz CT molecular complexity index is 1040. The third kappa shape index (κ3) is 3.07. The monoisotopic (exact) mass is 381 g/mol. The number of nitrogens with zero attached hydrogens (tertiary/aromatic N) is 3. The molecule has 1 atom stereocenters. The maximum absolute atomic E-state index is 12.5. The molecule has 0 bridgehead atoms. The Morgan fingerprint density at radius 3 is 2.64 bits per heavy atom. The molecule has 0 spiro atoms. The molecule has 1 amide bonds. The van der Waals surface area contributed by atoms with Crippen molar-refractivity contribution in [1.29, 1.82) is 0 Å². The highest BCUT2D eigenvalue weighted by Gasteiger charge is 2.31. The van der Waals surface area contributed by atoms with Gasteiger partial charge in [-0.3, -0.25) is 4.79 Å². The minimum Gasteiger partial charge on any atom is -0.494 e. The number of carbonyl (C=O) groups excluding carboxylic acids is 1. The summed E-state index contributed by atoms with van der Waals surface area (Å²) in [7, 11) is 1.75. The summed E-state index contributed by atoms with van der Waals surface area (Å²) in [6.07, 6.45) is 4.46. The van der Waals surface area contributed by atoms with E-state index in [4.69, 9.17) is 4.52 Å². The molecule has 2 heterocycles. The molecular formula is C22H27N3O3. The van der Waals surface area contributed by atoms with Crippen LogP contribution in [0.25, 0.3) is 22.1 Å². The number of aromatic hydroxyl groups is 1. The zero-order valence-electron chi connectivity index (χ0n) is 17.1. The van der Waals surface area contributed by atoms with Crippen LogP contribution in [0.2, 0.25) is 0 Å². The molecule has 1 saturated carbocycles. The molecule has 6 nitrogen and oxygen atoms in total. The number of hydrogen-bond acceptors (Lipinski definition) is 4. The fourth-order valence-electron chi connectivity index (χ4n) is 3.75. The molecule has 0 saturated heterocycles. The van der Waals surface area contributed by atoms with Gasteiger partial charge in [0.25, 0.3) is 5.91 Å². The molecule has 1 aliphatic carbocycles. The van der Waals surface area contributed by atoms with Crippen molar-refractivity contribution >= 4 is 16.7 Å². The summed E-state index contributed by atoms with van der Waals surface area (Å²) in [6.45, 7) is 8.05. The Morgan fingerprint density at radius 1 is 1.29 bits per heavy atom. The molecule has 148 valence electrons.